The smallest absolute Gasteiger partial charge is 0.146 e. The molecule has 5 heteroatoms. The molecule has 1 aliphatic rings. The first-order valence-electron chi connectivity index (χ1n) is 7.20. The Bertz CT molecular complexity index is 1110. The fourth-order valence-electron chi connectivity index (χ4n) is 2.14. The molecule has 0 aromatic carbocycles. The highest BCUT2D eigenvalue weighted by Crippen LogP contribution is 2.07. The van der Waals surface area contributed by atoms with Gasteiger partial charge in [-0.1, -0.05) is 0 Å². The number of hydrogen-bond donors (Lipinski definition) is 0. The van der Waals surface area contributed by atoms with Crippen molar-refractivity contribution in [2.24, 2.45) is 0 Å². The van der Waals surface area contributed by atoms with E-state index in [0.29, 0.717) is 4.53 Å². The highest BCUT2D eigenvalue weighted by atomic mass is 32.1. The number of nitrogens with zero attached hydrogens (tertiary/aromatic N) is 3. The molecule has 3 nitrogen and oxygen atoms in total. The third-order valence-electron chi connectivity index (χ3n) is 3.40. The molecule has 0 radical (unpaired) electrons. The molecule has 0 saturated carbocycles. The van der Waals surface area contributed by atoms with E-state index in [1.165, 1.54) is 21.4 Å². The Labute approximate surface area is 147 Å². The van der Waals surface area contributed by atoms with Crippen molar-refractivity contribution in [2.75, 3.05) is 7.05 Å². The maximum atomic E-state index is 8.90. The van der Waals surface area contributed by atoms with Crippen molar-refractivity contribution >= 4 is 46.0 Å². The first kappa shape index (κ1) is 16.0. The Morgan fingerprint density at radius 2 is 1.58 bits per heavy atom. The Morgan fingerprint density at radius 3 is 2.25 bits per heavy atom. The minimum absolute atomic E-state index is 0.162. The largest absolute Gasteiger partial charge is 0.357 e. The van der Waals surface area contributed by atoms with E-state index in [9.17, 15) is 0 Å². The summed E-state index contributed by atoms with van der Waals surface area (Å²) in [6, 6.07) is 11.8. The van der Waals surface area contributed by atoms with E-state index in [2.05, 4.69) is 30.4 Å². The molecule has 3 rings (SSSR count). The third-order valence-corrected chi connectivity index (χ3v) is 5.57. The van der Waals surface area contributed by atoms with Gasteiger partial charge in [0.05, 0.1) is 4.53 Å². The SMILES string of the molecule is CN1C=CC(=c2cc/c(=C/C=c3\ccc(=C(C#N)C#N)s3)s2)C=C1. The monoisotopic (exact) mass is 347 g/mol. The van der Waals surface area contributed by atoms with Crippen LogP contribution in [0.3, 0.4) is 0 Å². The molecule has 0 amide bonds. The van der Waals surface area contributed by atoms with Gasteiger partial charge in [-0.15, -0.1) is 22.7 Å². The van der Waals surface area contributed by atoms with Gasteiger partial charge in [-0.05, 0) is 54.1 Å². The number of thiophene rings is 2. The molecular weight excluding hydrogens is 334 g/mol. The van der Waals surface area contributed by atoms with Gasteiger partial charge >= 0.3 is 0 Å². The van der Waals surface area contributed by atoms with E-state index >= 15 is 0 Å². The summed E-state index contributed by atoms with van der Waals surface area (Å²) in [6.45, 7) is 0. The Kier molecular flexibility index (Phi) is 4.77. The predicted molar refractivity (Wildman–Crippen MR) is 100 cm³/mol. The first-order chi connectivity index (χ1) is 11.7. The van der Waals surface area contributed by atoms with Crippen LogP contribution in [0.25, 0.3) is 23.3 Å². The Hall–Kier alpha value is -2.86. The van der Waals surface area contributed by atoms with Crippen LogP contribution in [0.5, 0.6) is 0 Å². The van der Waals surface area contributed by atoms with Crippen LogP contribution in [-0.4, -0.2) is 11.9 Å². The van der Waals surface area contributed by atoms with Crippen molar-refractivity contribution in [3.05, 3.63) is 66.9 Å². The van der Waals surface area contributed by atoms with Crippen LogP contribution < -0.4 is 18.1 Å². The summed E-state index contributed by atoms with van der Waals surface area (Å²) in [4.78, 5) is 2.01. The Morgan fingerprint density at radius 1 is 0.958 bits per heavy atom. The lowest BCUT2D eigenvalue weighted by Gasteiger charge is -2.11. The van der Waals surface area contributed by atoms with Crippen LogP contribution in [0, 0.1) is 22.7 Å². The van der Waals surface area contributed by atoms with Gasteiger partial charge in [-0.25, -0.2) is 0 Å². The molecule has 116 valence electrons. The lowest BCUT2D eigenvalue weighted by molar-refractivity contribution is 0.623. The van der Waals surface area contributed by atoms with Crippen LogP contribution in [0.4, 0.5) is 0 Å². The van der Waals surface area contributed by atoms with E-state index in [-0.39, 0.29) is 5.57 Å². The highest BCUT2D eigenvalue weighted by molar-refractivity contribution is 7.08. The number of rotatable bonds is 1. The van der Waals surface area contributed by atoms with Crippen LogP contribution >= 0.6 is 22.7 Å². The number of hydrogen-bond acceptors (Lipinski definition) is 5. The maximum Gasteiger partial charge on any atom is 0.146 e. The molecule has 0 spiro atoms. The summed E-state index contributed by atoms with van der Waals surface area (Å²) in [5, 5.41) is 17.8. The van der Waals surface area contributed by atoms with Gasteiger partial charge < -0.3 is 4.90 Å². The molecular formula is C19H13N3S2. The lowest BCUT2D eigenvalue weighted by Crippen LogP contribution is -2.06. The second kappa shape index (κ2) is 7.14. The standard InChI is InChI=1S/C19H13N3S2/c1-22-10-8-14(9-11-22)18-6-4-16(23-18)2-3-17-5-7-19(24-17)15(12-20)13-21/h2-11H,1H3/b16-2-,17-3+. The van der Waals surface area contributed by atoms with Gasteiger partial charge in [-0.2, -0.15) is 10.5 Å². The molecule has 0 saturated heterocycles. The van der Waals surface area contributed by atoms with Crippen molar-refractivity contribution in [1.29, 1.82) is 10.5 Å². The molecule has 2 aromatic heterocycles. The van der Waals surface area contributed by atoms with Gasteiger partial charge in [0.25, 0.3) is 0 Å². The zero-order valence-electron chi connectivity index (χ0n) is 12.9. The third kappa shape index (κ3) is 3.55. The number of nitriles is 2. The topological polar surface area (TPSA) is 50.8 Å². The highest BCUT2D eigenvalue weighted by Gasteiger charge is 1.98. The summed E-state index contributed by atoms with van der Waals surface area (Å²) in [5.74, 6) is 0. The summed E-state index contributed by atoms with van der Waals surface area (Å²) in [6.07, 6.45) is 12.4. The Balaban J connectivity index is 1.98. The van der Waals surface area contributed by atoms with E-state index in [4.69, 9.17) is 10.5 Å². The molecule has 0 bridgehead atoms. The van der Waals surface area contributed by atoms with Crippen LogP contribution in [0.2, 0.25) is 0 Å². The zero-order valence-corrected chi connectivity index (χ0v) is 14.6. The quantitative estimate of drug-likeness (QED) is 0.783. The van der Waals surface area contributed by atoms with E-state index < -0.39 is 0 Å². The van der Waals surface area contributed by atoms with Crippen LogP contribution in [0.15, 0.2) is 48.8 Å². The van der Waals surface area contributed by atoms with Gasteiger partial charge in [0.15, 0.2) is 0 Å². The average molecular weight is 347 g/mol. The van der Waals surface area contributed by atoms with E-state index in [0.717, 1.165) is 9.06 Å². The molecule has 1 aliphatic heterocycles. The van der Waals surface area contributed by atoms with Gasteiger partial charge in [-0.3, -0.25) is 0 Å². The minimum atomic E-state index is 0.162. The first-order valence-corrected chi connectivity index (χ1v) is 8.84. The molecule has 0 aliphatic carbocycles. The van der Waals surface area contributed by atoms with Crippen molar-refractivity contribution in [1.82, 2.24) is 4.90 Å². The van der Waals surface area contributed by atoms with Crippen molar-refractivity contribution < 1.29 is 0 Å². The minimum Gasteiger partial charge on any atom is -0.357 e. The maximum absolute atomic E-state index is 8.90. The molecule has 2 aromatic rings. The zero-order chi connectivity index (χ0) is 16.9. The molecule has 0 atom stereocenters. The molecule has 24 heavy (non-hydrogen) atoms. The molecule has 0 N–H and O–H groups in total. The van der Waals surface area contributed by atoms with Crippen molar-refractivity contribution in [3.8, 4) is 12.1 Å². The van der Waals surface area contributed by atoms with Crippen molar-refractivity contribution in [3.63, 3.8) is 0 Å². The summed E-state index contributed by atoms with van der Waals surface area (Å²) >= 11 is 3.18. The summed E-state index contributed by atoms with van der Waals surface area (Å²) in [7, 11) is 2.00. The van der Waals surface area contributed by atoms with Gasteiger partial charge in [0, 0.05) is 33.0 Å². The fraction of sp³-hybridized carbons (Fsp3) is 0.0526. The molecule has 0 unspecified atom stereocenters. The van der Waals surface area contributed by atoms with Crippen LogP contribution in [0.1, 0.15) is 0 Å². The second-order valence-electron chi connectivity index (χ2n) is 5.09. The van der Waals surface area contributed by atoms with Crippen molar-refractivity contribution in [2.45, 2.75) is 0 Å². The predicted octanol–water partition coefficient (Wildman–Crippen LogP) is 1.39. The summed E-state index contributed by atoms with van der Waals surface area (Å²) < 4.78 is 4.13. The average Bonchev–Trinajstić information content (AvgIpc) is 3.24. The van der Waals surface area contributed by atoms with E-state index in [1.54, 1.807) is 11.3 Å². The van der Waals surface area contributed by atoms with Gasteiger partial charge in [0.1, 0.15) is 17.7 Å². The fourth-order valence-corrected chi connectivity index (χ4v) is 3.91. The second-order valence-corrected chi connectivity index (χ2v) is 7.32. The lowest BCUT2D eigenvalue weighted by atomic mass is 10.2. The molecule has 0 fully saturated rings. The normalized spacial score (nSPS) is 14.8. The van der Waals surface area contributed by atoms with E-state index in [1.807, 2.05) is 54.7 Å². The summed E-state index contributed by atoms with van der Waals surface area (Å²) in [5.41, 5.74) is 1.37. The van der Waals surface area contributed by atoms with Gasteiger partial charge in [0.2, 0.25) is 0 Å². The van der Waals surface area contributed by atoms with Crippen LogP contribution in [-0.2, 0) is 0 Å². The molecule has 3 heterocycles. The number of allylic oxidation sites excluding steroid dienone is 2.